The topological polar surface area (TPSA) is 91.0 Å². The number of benzene rings is 3. The van der Waals surface area contributed by atoms with Crippen LogP contribution >= 0.6 is 27.5 Å². The molecule has 0 saturated carbocycles. The van der Waals surface area contributed by atoms with E-state index in [0.29, 0.717) is 23.5 Å². The summed E-state index contributed by atoms with van der Waals surface area (Å²) in [5.41, 5.74) is 1.93. The zero-order valence-corrected chi connectivity index (χ0v) is 18.7. The Kier molecular flexibility index (Phi) is 6.34. The maximum Gasteiger partial charge on any atom is 0.363 e. The second-order valence-electron chi connectivity index (χ2n) is 6.74. The van der Waals surface area contributed by atoms with Crippen molar-refractivity contribution in [3.05, 3.63) is 109 Å². The first kappa shape index (κ1) is 21.7. The zero-order valence-electron chi connectivity index (χ0n) is 16.3. The van der Waals surface area contributed by atoms with Crippen molar-refractivity contribution >= 4 is 51.2 Å². The number of nitro groups is 1. The summed E-state index contributed by atoms with van der Waals surface area (Å²) in [6.45, 7) is 0.399. The number of nitro benzene ring substituents is 1. The Morgan fingerprint density at radius 2 is 1.91 bits per heavy atom. The fourth-order valence-electron chi connectivity index (χ4n) is 2.91. The highest BCUT2D eigenvalue weighted by Gasteiger charge is 2.26. The van der Waals surface area contributed by atoms with Gasteiger partial charge in [-0.05, 0) is 47.5 Å². The number of cyclic esters (lactones) is 1. The van der Waals surface area contributed by atoms with E-state index in [-0.39, 0.29) is 22.3 Å². The molecule has 0 unspecified atom stereocenters. The molecule has 0 amide bonds. The molecule has 4 rings (SSSR count). The maximum absolute atomic E-state index is 12.3. The van der Waals surface area contributed by atoms with Crippen molar-refractivity contribution in [2.45, 2.75) is 6.61 Å². The number of hydrogen-bond donors (Lipinski definition) is 0. The number of non-ortho nitro benzene ring substituents is 1. The molecule has 0 aliphatic carbocycles. The number of carbonyl (C=O) groups is 1. The Bertz CT molecular complexity index is 1270. The van der Waals surface area contributed by atoms with E-state index in [9.17, 15) is 14.9 Å². The Balaban J connectivity index is 1.52. The van der Waals surface area contributed by atoms with E-state index < -0.39 is 10.9 Å². The second kappa shape index (κ2) is 9.33. The van der Waals surface area contributed by atoms with E-state index >= 15 is 0 Å². The lowest BCUT2D eigenvalue weighted by Gasteiger charge is -2.07. The molecule has 1 aliphatic heterocycles. The van der Waals surface area contributed by atoms with Gasteiger partial charge in [-0.3, -0.25) is 10.1 Å². The molecule has 3 aromatic rings. The quantitative estimate of drug-likeness (QED) is 0.176. The van der Waals surface area contributed by atoms with Crippen LogP contribution < -0.4 is 4.74 Å². The van der Waals surface area contributed by atoms with Gasteiger partial charge in [-0.25, -0.2) is 9.79 Å². The molecule has 0 spiro atoms. The number of nitrogens with zero attached hydrogens (tertiary/aromatic N) is 2. The number of esters is 1. The highest BCUT2D eigenvalue weighted by Crippen LogP contribution is 2.27. The van der Waals surface area contributed by atoms with Gasteiger partial charge in [0.1, 0.15) is 12.4 Å². The van der Waals surface area contributed by atoms with E-state index in [2.05, 4.69) is 20.9 Å². The average molecular weight is 514 g/mol. The first-order valence-corrected chi connectivity index (χ1v) is 10.5. The summed E-state index contributed by atoms with van der Waals surface area (Å²) in [4.78, 5) is 26.8. The minimum atomic E-state index is -0.643. The van der Waals surface area contributed by atoms with Gasteiger partial charge in [0.25, 0.3) is 5.69 Å². The molecule has 0 radical (unpaired) electrons. The molecule has 0 aromatic heterocycles. The van der Waals surface area contributed by atoms with Gasteiger partial charge in [0, 0.05) is 16.6 Å². The van der Waals surface area contributed by atoms with Crippen LogP contribution in [0.15, 0.2) is 81.9 Å². The number of rotatable bonds is 6. The molecular weight excluding hydrogens is 500 g/mol. The van der Waals surface area contributed by atoms with Crippen LogP contribution in [0.1, 0.15) is 16.7 Å². The van der Waals surface area contributed by atoms with Crippen molar-refractivity contribution in [2.75, 3.05) is 0 Å². The van der Waals surface area contributed by atoms with Crippen molar-refractivity contribution in [2.24, 2.45) is 4.99 Å². The molecule has 0 bridgehead atoms. The molecule has 32 heavy (non-hydrogen) atoms. The maximum atomic E-state index is 12.3. The molecule has 0 saturated heterocycles. The summed E-state index contributed by atoms with van der Waals surface area (Å²) >= 11 is 9.51. The SMILES string of the molecule is O=C1OC(c2ccc([N+](=O)[O-])cc2Cl)=N/C1=C\c1cccc(OCc2ccc(Br)cc2)c1. The second-order valence-corrected chi connectivity index (χ2v) is 8.07. The normalized spacial score (nSPS) is 14.2. The standard InChI is InChI=1S/C23H14BrClN2O5/c24-16-6-4-14(5-7-16)13-31-18-3-1-2-15(10-18)11-21-23(28)32-22(26-21)19-9-8-17(27(29)30)12-20(19)25/h1-12H,13H2/b21-11-. The van der Waals surface area contributed by atoms with Crippen LogP contribution in [0.25, 0.3) is 6.08 Å². The van der Waals surface area contributed by atoms with Gasteiger partial charge < -0.3 is 9.47 Å². The molecule has 9 heteroatoms. The average Bonchev–Trinajstić information content (AvgIpc) is 3.13. The predicted octanol–water partition coefficient (Wildman–Crippen LogP) is 5.93. The van der Waals surface area contributed by atoms with Crippen molar-refractivity contribution in [1.82, 2.24) is 0 Å². The van der Waals surface area contributed by atoms with E-state index in [1.165, 1.54) is 18.2 Å². The van der Waals surface area contributed by atoms with E-state index in [4.69, 9.17) is 21.1 Å². The number of ether oxygens (including phenoxy) is 2. The summed E-state index contributed by atoms with van der Waals surface area (Å²) in [6, 6.07) is 18.9. The highest BCUT2D eigenvalue weighted by atomic mass is 79.9. The van der Waals surface area contributed by atoms with Gasteiger partial charge in [0.2, 0.25) is 5.90 Å². The Hall–Kier alpha value is -3.49. The number of hydrogen-bond acceptors (Lipinski definition) is 6. The van der Waals surface area contributed by atoms with Crippen molar-refractivity contribution in [3.8, 4) is 5.75 Å². The van der Waals surface area contributed by atoms with Gasteiger partial charge in [-0.1, -0.05) is 51.8 Å². The number of aliphatic imine (C=N–C) groups is 1. The van der Waals surface area contributed by atoms with Gasteiger partial charge in [0.15, 0.2) is 5.70 Å². The molecule has 0 N–H and O–H groups in total. The van der Waals surface area contributed by atoms with Crippen LogP contribution in [0.5, 0.6) is 5.75 Å². The van der Waals surface area contributed by atoms with Crippen LogP contribution in [0, 0.1) is 10.1 Å². The summed E-state index contributed by atoms with van der Waals surface area (Å²) in [6.07, 6.45) is 1.57. The molecule has 0 atom stereocenters. The number of halogens is 2. The first-order valence-electron chi connectivity index (χ1n) is 9.33. The van der Waals surface area contributed by atoms with Crippen molar-refractivity contribution in [1.29, 1.82) is 0 Å². The third kappa shape index (κ3) is 5.04. The summed E-state index contributed by atoms with van der Waals surface area (Å²) in [5, 5.41) is 10.9. The third-order valence-corrected chi connectivity index (χ3v) is 5.34. The minimum Gasteiger partial charge on any atom is -0.489 e. The molecule has 1 heterocycles. The smallest absolute Gasteiger partial charge is 0.363 e. The largest absolute Gasteiger partial charge is 0.489 e. The summed E-state index contributed by atoms with van der Waals surface area (Å²) in [5.74, 6) is -0.0179. The zero-order chi connectivity index (χ0) is 22.7. The molecular formula is C23H14BrClN2O5. The van der Waals surface area contributed by atoms with Gasteiger partial charge in [0.05, 0.1) is 15.5 Å². The summed E-state index contributed by atoms with van der Waals surface area (Å²) < 4.78 is 12.0. The van der Waals surface area contributed by atoms with E-state index in [0.717, 1.165) is 10.0 Å². The predicted molar refractivity (Wildman–Crippen MR) is 124 cm³/mol. The lowest BCUT2D eigenvalue weighted by Crippen LogP contribution is -2.06. The van der Waals surface area contributed by atoms with Gasteiger partial charge >= 0.3 is 5.97 Å². The third-order valence-electron chi connectivity index (χ3n) is 4.49. The van der Waals surface area contributed by atoms with Gasteiger partial charge in [-0.15, -0.1) is 0 Å². The Morgan fingerprint density at radius 1 is 1.12 bits per heavy atom. The number of carbonyl (C=O) groups excluding carboxylic acids is 1. The fraction of sp³-hybridized carbons (Fsp3) is 0.0435. The summed E-state index contributed by atoms with van der Waals surface area (Å²) in [7, 11) is 0. The van der Waals surface area contributed by atoms with Crippen molar-refractivity contribution < 1.29 is 19.2 Å². The van der Waals surface area contributed by atoms with Crippen LogP contribution in [-0.4, -0.2) is 16.8 Å². The van der Waals surface area contributed by atoms with Crippen LogP contribution in [0.4, 0.5) is 5.69 Å². The van der Waals surface area contributed by atoms with Crippen LogP contribution in [-0.2, 0) is 16.1 Å². The van der Waals surface area contributed by atoms with Crippen LogP contribution in [0.2, 0.25) is 5.02 Å². The lowest BCUT2D eigenvalue weighted by molar-refractivity contribution is -0.384. The van der Waals surface area contributed by atoms with Gasteiger partial charge in [-0.2, -0.15) is 0 Å². The molecule has 3 aromatic carbocycles. The van der Waals surface area contributed by atoms with Crippen LogP contribution in [0.3, 0.4) is 0 Å². The van der Waals surface area contributed by atoms with E-state index in [1.54, 1.807) is 24.3 Å². The molecule has 1 aliphatic rings. The lowest BCUT2D eigenvalue weighted by atomic mass is 10.2. The minimum absolute atomic E-state index is 0.0104. The van der Waals surface area contributed by atoms with E-state index in [1.807, 2.05) is 30.3 Å². The Morgan fingerprint density at radius 3 is 2.62 bits per heavy atom. The highest BCUT2D eigenvalue weighted by molar-refractivity contribution is 9.10. The first-order chi connectivity index (χ1) is 15.4. The Labute approximate surface area is 196 Å². The molecule has 0 fully saturated rings. The van der Waals surface area contributed by atoms with Crippen molar-refractivity contribution in [3.63, 3.8) is 0 Å². The molecule has 160 valence electrons. The fourth-order valence-corrected chi connectivity index (χ4v) is 3.43. The monoisotopic (exact) mass is 512 g/mol. The molecule has 7 nitrogen and oxygen atoms in total.